The van der Waals surface area contributed by atoms with Gasteiger partial charge in [0.15, 0.2) is 17.6 Å². The number of carbonyl (C=O) groups excluding carboxylic acids is 1. The van der Waals surface area contributed by atoms with Crippen molar-refractivity contribution < 1.29 is 24.1 Å². The summed E-state index contributed by atoms with van der Waals surface area (Å²) in [6.07, 6.45) is -0.908. The summed E-state index contributed by atoms with van der Waals surface area (Å²) in [6.45, 7) is 2.23. The molecule has 2 aromatic carbocycles. The van der Waals surface area contributed by atoms with Gasteiger partial charge >= 0.3 is 0 Å². The first kappa shape index (κ1) is 17.1. The van der Waals surface area contributed by atoms with Crippen molar-refractivity contribution >= 4 is 5.91 Å². The van der Waals surface area contributed by atoms with Crippen LogP contribution in [0.15, 0.2) is 48.5 Å². The second-order valence-corrected chi connectivity index (χ2v) is 5.78. The van der Waals surface area contributed by atoms with Gasteiger partial charge in [-0.2, -0.15) is 0 Å². The highest BCUT2D eigenvalue weighted by Gasteiger charge is 2.18. The summed E-state index contributed by atoms with van der Waals surface area (Å²) in [5, 5.41) is 13.0. The molecular weight excluding hydrogens is 322 g/mol. The van der Waals surface area contributed by atoms with Gasteiger partial charge in [-0.1, -0.05) is 24.3 Å². The lowest BCUT2D eigenvalue weighted by molar-refractivity contribution is -0.127. The molecule has 0 saturated heterocycles. The third kappa shape index (κ3) is 4.42. The maximum Gasteiger partial charge on any atom is 0.260 e. The van der Waals surface area contributed by atoms with E-state index >= 15 is 0 Å². The Hall–Kier alpha value is -2.73. The third-order valence-corrected chi connectivity index (χ3v) is 3.92. The van der Waals surface area contributed by atoms with Gasteiger partial charge in [0.1, 0.15) is 5.75 Å². The molecule has 2 aromatic rings. The Morgan fingerprint density at radius 2 is 1.96 bits per heavy atom. The highest BCUT2D eigenvalue weighted by atomic mass is 16.7. The maximum absolute atomic E-state index is 12.1. The molecule has 0 fully saturated rings. The molecule has 0 radical (unpaired) electrons. The molecule has 0 spiro atoms. The van der Waals surface area contributed by atoms with Gasteiger partial charge in [0.25, 0.3) is 5.91 Å². The molecule has 6 nitrogen and oxygen atoms in total. The highest BCUT2D eigenvalue weighted by Crippen LogP contribution is 2.34. The number of benzene rings is 2. The summed E-state index contributed by atoms with van der Waals surface area (Å²) in [7, 11) is 0. The van der Waals surface area contributed by atoms with Crippen molar-refractivity contribution in [1.29, 1.82) is 0 Å². The number of ether oxygens (including phenoxy) is 3. The van der Waals surface area contributed by atoms with Gasteiger partial charge < -0.3 is 24.6 Å². The summed E-state index contributed by atoms with van der Waals surface area (Å²) in [5.41, 5.74) is 0.729. The van der Waals surface area contributed by atoms with Crippen molar-refractivity contribution in [3.8, 4) is 17.2 Å². The average Bonchev–Trinajstić information content (AvgIpc) is 3.10. The van der Waals surface area contributed by atoms with Crippen LogP contribution >= 0.6 is 0 Å². The van der Waals surface area contributed by atoms with Crippen LogP contribution in [-0.4, -0.2) is 30.5 Å². The Kier molecular flexibility index (Phi) is 5.40. The second-order valence-electron chi connectivity index (χ2n) is 5.78. The summed E-state index contributed by atoms with van der Waals surface area (Å²) in [6, 6.07) is 14.5. The first-order valence-corrected chi connectivity index (χ1v) is 8.20. The van der Waals surface area contributed by atoms with Crippen LogP contribution < -0.4 is 19.5 Å². The van der Waals surface area contributed by atoms with E-state index in [-0.39, 0.29) is 12.7 Å². The fraction of sp³-hybridized carbons (Fsp3) is 0.316. The molecule has 25 heavy (non-hydrogen) atoms. The van der Waals surface area contributed by atoms with E-state index in [4.69, 9.17) is 14.2 Å². The second kappa shape index (κ2) is 7.90. The Bertz CT molecular complexity index is 719. The van der Waals surface area contributed by atoms with Crippen LogP contribution in [0.2, 0.25) is 0 Å². The van der Waals surface area contributed by atoms with Crippen molar-refractivity contribution in [2.24, 2.45) is 0 Å². The molecule has 0 aromatic heterocycles. The molecule has 3 rings (SSSR count). The van der Waals surface area contributed by atoms with Crippen molar-refractivity contribution in [2.45, 2.75) is 25.6 Å². The number of para-hydroxylation sites is 1. The number of fused-ring (bicyclic) bond motifs is 1. The summed E-state index contributed by atoms with van der Waals surface area (Å²) < 4.78 is 16.1. The normalized spacial score (nSPS) is 14.6. The molecule has 0 saturated carbocycles. The first-order chi connectivity index (χ1) is 12.1. The van der Waals surface area contributed by atoms with Crippen LogP contribution in [0.4, 0.5) is 0 Å². The maximum atomic E-state index is 12.1. The molecule has 2 unspecified atom stereocenters. The Morgan fingerprint density at radius 1 is 1.20 bits per heavy atom. The van der Waals surface area contributed by atoms with E-state index in [0.717, 1.165) is 5.56 Å². The minimum Gasteiger partial charge on any atom is -0.481 e. The van der Waals surface area contributed by atoms with Crippen LogP contribution in [0, 0.1) is 0 Å². The lowest BCUT2D eigenvalue weighted by atomic mass is 10.1. The third-order valence-electron chi connectivity index (χ3n) is 3.92. The topological polar surface area (TPSA) is 77.0 Å². The van der Waals surface area contributed by atoms with Crippen molar-refractivity contribution in [1.82, 2.24) is 5.32 Å². The molecule has 132 valence electrons. The minimum atomic E-state index is -0.694. The lowest BCUT2D eigenvalue weighted by Crippen LogP contribution is -2.37. The highest BCUT2D eigenvalue weighted by molar-refractivity contribution is 5.80. The molecule has 1 aliphatic heterocycles. The van der Waals surface area contributed by atoms with Crippen molar-refractivity contribution in [3.05, 3.63) is 54.1 Å². The largest absolute Gasteiger partial charge is 0.481 e. The smallest absolute Gasteiger partial charge is 0.260 e. The fourth-order valence-corrected chi connectivity index (χ4v) is 2.52. The molecule has 1 amide bonds. The molecule has 1 heterocycles. The van der Waals surface area contributed by atoms with Gasteiger partial charge in [0, 0.05) is 6.54 Å². The van der Waals surface area contributed by atoms with E-state index < -0.39 is 12.2 Å². The van der Waals surface area contributed by atoms with Gasteiger partial charge in [-0.15, -0.1) is 0 Å². The Morgan fingerprint density at radius 3 is 2.76 bits per heavy atom. The Balaban J connectivity index is 1.44. The van der Waals surface area contributed by atoms with Gasteiger partial charge in [-0.25, -0.2) is 0 Å². The number of carbonyl (C=O) groups is 1. The van der Waals surface area contributed by atoms with Crippen LogP contribution in [0.3, 0.4) is 0 Å². The predicted octanol–water partition coefficient (Wildman–Crippen LogP) is 2.42. The number of amides is 1. The number of rotatable bonds is 7. The lowest BCUT2D eigenvalue weighted by Gasteiger charge is -2.16. The summed E-state index contributed by atoms with van der Waals surface area (Å²) in [5.74, 6) is 1.73. The van der Waals surface area contributed by atoms with Gasteiger partial charge in [0.2, 0.25) is 6.79 Å². The van der Waals surface area contributed by atoms with Gasteiger partial charge in [-0.3, -0.25) is 4.79 Å². The quantitative estimate of drug-likeness (QED) is 0.807. The zero-order valence-electron chi connectivity index (χ0n) is 14.0. The standard InChI is InChI=1S/C19H21NO5/c1-13(25-15-5-3-2-4-6-15)19(22)20-10-9-16(21)14-7-8-17-18(11-14)24-12-23-17/h2-8,11,13,16,21H,9-10,12H2,1H3,(H,20,22). The number of aliphatic hydroxyl groups is 1. The predicted molar refractivity (Wildman–Crippen MR) is 91.7 cm³/mol. The van der Waals surface area contributed by atoms with Gasteiger partial charge in [-0.05, 0) is 43.2 Å². The van der Waals surface area contributed by atoms with E-state index in [9.17, 15) is 9.90 Å². The molecular formula is C19H21NO5. The zero-order valence-corrected chi connectivity index (χ0v) is 14.0. The number of aliphatic hydroxyl groups excluding tert-OH is 1. The molecule has 2 N–H and O–H groups in total. The summed E-state index contributed by atoms with van der Waals surface area (Å²) in [4.78, 5) is 12.1. The summed E-state index contributed by atoms with van der Waals surface area (Å²) >= 11 is 0. The average molecular weight is 343 g/mol. The van der Waals surface area contributed by atoms with Crippen LogP contribution in [0.5, 0.6) is 17.2 Å². The van der Waals surface area contributed by atoms with Crippen molar-refractivity contribution in [2.75, 3.05) is 13.3 Å². The molecule has 2 atom stereocenters. The molecule has 6 heteroatoms. The number of hydrogen-bond acceptors (Lipinski definition) is 5. The van der Waals surface area contributed by atoms with E-state index in [1.807, 2.05) is 18.2 Å². The van der Waals surface area contributed by atoms with E-state index in [1.165, 1.54) is 0 Å². The molecule has 0 bridgehead atoms. The molecule has 0 aliphatic carbocycles. The van der Waals surface area contributed by atoms with E-state index in [2.05, 4.69) is 5.32 Å². The van der Waals surface area contributed by atoms with E-state index in [0.29, 0.717) is 30.2 Å². The Labute approximate surface area is 146 Å². The SMILES string of the molecule is CC(Oc1ccccc1)C(=O)NCCC(O)c1ccc2c(c1)OCO2. The minimum absolute atomic E-state index is 0.199. The van der Waals surface area contributed by atoms with E-state index in [1.54, 1.807) is 37.3 Å². The van der Waals surface area contributed by atoms with Crippen LogP contribution in [0.1, 0.15) is 25.0 Å². The zero-order chi connectivity index (χ0) is 17.6. The number of hydrogen-bond donors (Lipinski definition) is 2. The van der Waals surface area contributed by atoms with Crippen LogP contribution in [-0.2, 0) is 4.79 Å². The van der Waals surface area contributed by atoms with Crippen LogP contribution in [0.25, 0.3) is 0 Å². The van der Waals surface area contributed by atoms with Gasteiger partial charge in [0.05, 0.1) is 6.10 Å². The fourth-order valence-electron chi connectivity index (χ4n) is 2.52. The van der Waals surface area contributed by atoms with Crippen molar-refractivity contribution in [3.63, 3.8) is 0 Å². The first-order valence-electron chi connectivity index (χ1n) is 8.20. The molecule has 1 aliphatic rings. The monoisotopic (exact) mass is 343 g/mol. The number of nitrogens with one attached hydrogen (secondary N) is 1.